The Labute approximate surface area is 229 Å². The average molecular weight is 498 g/mol. The predicted molar refractivity (Wildman–Crippen MR) is 165 cm³/mol. The summed E-state index contributed by atoms with van der Waals surface area (Å²) >= 11 is 0. The lowest BCUT2D eigenvalue weighted by Gasteiger charge is -2.18. The molecule has 0 atom stereocenters. The van der Waals surface area contributed by atoms with Crippen molar-refractivity contribution in [3.63, 3.8) is 0 Å². The Hall–Kier alpha value is -5.01. The molecule has 1 aromatic heterocycles. The molecule has 6 aromatic carbocycles. The van der Waals surface area contributed by atoms with E-state index in [-0.39, 0.29) is 0 Å². The molecule has 0 saturated carbocycles. The van der Waals surface area contributed by atoms with E-state index >= 15 is 0 Å². The number of nitrogens with zero attached hydrogens (tertiary/aromatic N) is 1. The van der Waals surface area contributed by atoms with Gasteiger partial charge in [-0.1, -0.05) is 133 Å². The van der Waals surface area contributed by atoms with Gasteiger partial charge in [0.1, 0.15) is 0 Å². The molecule has 0 aliphatic rings. The monoisotopic (exact) mass is 497 g/mol. The minimum absolute atomic E-state index is 0.882. The Kier molecular flexibility index (Phi) is 5.95. The maximum atomic E-state index is 4.27. The Morgan fingerprint density at radius 3 is 1.33 bits per heavy atom. The van der Waals surface area contributed by atoms with Crippen molar-refractivity contribution in [3.05, 3.63) is 163 Å². The molecule has 0 aliphatic carbocycles. The van der Waals surface area contributed by atoms with Crippen LogP contribution in [0.25, 0.3) is 54.9 Å². The summed E-state index contributed by atoms with van der Waals surface area (Å²) in [5.74, 6) is 0. The maximum absolute atomic E-state index is 4.27. The van der Waals surface area contributed by atoms with Crippen molar-refractivity contribution in [2.24, 2.45) is 0 Å². The molecule has 0 spiro atoms. The van der Waals surface area contributed by atoms with E-state index in [0.29, 0.717) is 0 Å². The van der Waals surface area contributed by atoms with Crippen LogP contribution in [0.1, 0.15) is 11.1 Å². The smallest absolute Gasteiger partial charge is 0.0303 e. The van der Waals surface area contributed by atoms with Crippen LogP contribution >= 0.6 is 0 Å². The molecule has 39 heavy (non-hydrogen) atoms. The van der Waals surface area contributed by atoms with E-state index in [9.17, 15) is 0 Å². The summed E-state index contributed by atoms with van der Waals surface area (Å²) in [5, 5.41) is 5.10. The fraction of sp³-hybridized carbons (Fsp3) is 0.0263. The summed E-state index contributed by atoms with van der Waals surface area (Å²) in [5.41, 5.74) is 10.0. The summed E-state index contributed by atoms with van der Waals surface area (Å²) < 4.78 is 0. The van der Waals surface area contributed by atoms with Crippen LogP contribution in [-0.2, 0) is 6.42 Å². The summed E-state index contributed by atoms with van der Waals surface area (Å²) in [6.07, 6.45) is 4.65. The molecule has 7 aromatic rings. The Bertz CT molecular complexity index is 1830. The molecule has 1 heteroatoms. The highest BCUT2D eigenvalue weighted by Gasteiger charge is 2.16. The minimum atomic E-state index is 0.882. The zero-order chi connectivity index (χ0) is 26.0. The molecule has 0 unspecified atom stereocenters. The SMILES string of the molecule is c1ccc(-c2ccc(-c3c4ccccc4c(-c4ccc(Cc5cccnc5)cc4)c4ccccc34)cc2)cc1. The molecule has 0 aliphatic heterocycles. The van der Waals surface area contributed by atoms with Gasteiger partial charge in [-0.3, -0.25) is 4.98 Å². The van der Waals surface area contributed by atoms with Crippen molar-refractivity contribution in [2.45, 2.75) is 6.42 Å². The van der Waals surface area contributed by atoms with Crippen LogP contribution in [0.3, 0.4) is 0 Å². The van der Waals surface area contributed by atoms with Gasteiger partial charge in [-0.25, -0.2) is 0 Å². The van der Waals surface area contributed by atoms with E-state index in [4.69, 9.17) is 0 Å². The van der Waals surface area contributed by atoms with Crippen molar-refractivity contribution in [3.8, 4) is 33.4 Å². The Morgan fingerprint density at radius 1 is 0.359 bits per heavy atom. The lowest BCUT2D eigenvalue weighted by Crippen LogP contribution is -1.92. The molecule has 0 fully saturated rings. The molecule has 0 radical (unpaired) electrons. The first-order valence-electron chi connectivity index (χ1n) is 13.4. The van der Waals surface area contributed by atoms with Crippen molar-refractivity contribution >= 4 is 21.5 Å². The first-order valence-corrected chi connectivity index (χ1v) is 13.4. The van der Waals surface area contributed by atoms with Crippen LogP contribution in [0, 0.1) is 0 Å². The Morgan fingerprint density at radius 2 is 0.821 bits per heavy atom. The number of pyridine rings is 1. The lowest BCUT2D eigenvalue weighted by atomic mass is 9.85. The van der Waals surface area contributed by atoms with E-state index in [1.165, 1.54) is 66.1 Å². The van der Waals surface area contributed by atoms with Crippen LogP contribution in [0.5, 0.6) is 0 Å². The number of rotatable bonds is 5. The minimum Gasteiger partial charge on any atom is -0.264 e. The molecule has 0 saturated heterocycles. The number of fused-ring (bicyclic) bond motifs is 2. The molecule has 0 amide bonds. The third-order valence-corrected chi connectivity index (χ3v) is 7.59. The Balaban J connectivity index is 1.37. The van der Waals surface area contributed by atoms with Crippen molar-refractivity contribution < 1.29 is 0 Å². The highest BCUT2D eigenvalue weighted by atomic mass is 14.6. The van der Waals surface area contributed by atoms with Crippen LogP contribution in [0.15, 0.2) is 152 Å². The summed E-state index contributed by atoms with van der Waals surface area (Å²) in [7, 11) is 0. The van der Waals surface area contributed by atoms with Gasteiger partial charge >= 0.3 is 0 Å². The molecule has 0 N–H and O–H groups in total. The maximum Gasteiger partial charge on any atom is 0.0303 e. The standard InChI is InChI=1S/C38H27N/c1-2-10-29(11-3-1)30-20-22-32(23-21-30)38-35-14-6-4-12-33(35)37(34-13-5-7-15-36(34)38)31-18-16-27(17-19-31)25-28-9-8-24-39-26-28/h1-24,26H,25H2. The van der Waals surface area contributed by atoms with E-state index in [1.807, 2.05) is 18.5 Å². The highest BCUT2D eigenvalue weighted by molar-refractivity contribution is 6.21. The summed E-state index contributed by atoms with van der Waals surface area (Å²) in [4.78, 5) is 4.27. The first-order chi connectivity index (χ1) is 19.3. The zero-order valence-corrected chi connectivity index (χ0v) is 21.6. The van der Waals surface area contributed by atoms with E-state index in [0.717, 1.165) is 6.42 Å². The summed E-state index contributed by atoms with van der Waals surface area (Å²) in [6.45, 7) is 0. The van der Waals surface area contributed by atoms with Crippen molar-refractivity contribution in [1.82, 2.24) is 4.98 Å². The van der Waals surface area contributed by atoms with E-state index in [1.54, 1.807) is 0 Å². The van der Waals surface area contributed by atoms with Gasteiger partial charge in [-0.15, -0.1) is 0 Å². The van der Waals surface area contributed by atoms with E-state index in [2.05, 4.69) is 138 Å². The topological polar surface area (TPSA) is 12.9 Å². The second kappa shape index (κ2) is 10.0. The number of aromatic nitrogens is 1. The van der Waals surface area contributed by atoms with Gasteiger partial charge in [0.15, 0.2) is 0 Å². The molecule has 184 valence electrons. The van der Waals surface area contributed by atoms with Crippen LogP contribution in [0.2, 0.25) is 0 Å². The summed E-state index contributed by atoms with van der Waals surface area (Å²) in [6, 6.07) is 50.4. The second-order valence-electron chi connectivity index (χ2n) is 10.0. The average Bonchev–Trinajstić information content (AvgIpc) is 3.01. The normalized spacial score (nSPS) is 11.2. The molecular formula is C38H27N. The molecule has 0 bridgehead atoms. The highest BCUT2D eigenvalue weighted by Crippen LogP contribution is 2.43. The second-order valence-corrected chi connectivity index (χ2v) is 10.0. The van der Waals surface area contributed by atoms with Gasteiger partial charge in [0.25, 0.3) is 0 Å². The van der Waals surface area contributed by atoms with Gasteiger partial charge in [0.05, 0.1) is 0 Å². The first kappa shape index (κ1) is 23.1. The zero-order valence-electron chi connectivity index (χ0n) is 21.6. The van der Waals surface area contributed by atoms with Gasteiger partial charge in [0.2, 0.25) is 0 Å². The number of benzene rings is 6. The third-order valence-electron chi connectivity index (χ3n) is 7.59. The van der Waals surface area contributed by atoms with Gasteiger partial charge < -0.3 is 0 Å². The third kappa shape index (κ3) is 4.39. The van der Waals surface area contributed by atoms with Gasteiger partial charge in [-0.2, -0.15) is 0 Å². The van der Waals surface area contributed by atoms with Gasteiger partial charge in [0, 0.05) is 12.4 Å². The molecule has 1 nitrogen and oxygen atoms in total. The molecule has 1 heterocycles. The fourth-order valence-corrected chi connectivity index (χ4v) is 5.74. The van der Waals surface area contributed by atoms with Crippen LogP contribution in [-0.4, -0.2) is 4.98 Å². The molecular weight excluding hydrogens is 470 g/mol. The predicted octanol–water partition coefficient (Wildman–Crippen LogP) is 9.98. The van der Waals surface area contributed by atoms with Crippen LogP contribution < -0.4 is 0 Å². The quantitative estimate of drug-likeness (QED) is 0.216. The van der Waals surface area contributed by atoms with Crippen molar-refractivity contribution in [2.75, 3.05) is 0 Å². The lowest BCUT2D eigenvalue weighted by molar-refractivity contribution is 1.15. The van der Waals surface area contributed by atoms with Crippen molar-refractivity contribution in [1.29, 1.82) is 0 Å². The fourth-order valence-electron chi connectivity index (χ4n) is 5.74. The van der Waals surface area contributed by atoms with Gasteiger partial charge in [-0.05, 0) is 78.5 Å². The largest absolute Gasteiger partial charge is 0.264 e. The van der Waals surface area contributed by atoms with E-state index < -0.39 is 0 Å². The molecule has 7 rings (SSSR count). The van der Waals surface area contributed by atoms with Crippen LogP contribution in [0.4, 0.5) is 0 Å². The number of hydrogen-bond donors (Lipinski definition) is 0. The number of hydrogen-bond acceptors (Lipinski definition) is 1.